The van der Waals surface area contributed by atoms with Crippen molar-refractivity contribution in [3.8, 4) is 5.75 Å². The number of fused-ring (bicyclic) bond motifs is 1. The van der Waals surface area contributed by atoms with Crippen LogP contribution in [0.1, 0.15) is 35.4 Å². The molecule has 0 fully saturated rings. The lowest BCUT2D eigenvalue weighted by molar-refractivity contribution is 0.412. The van der Waals surface area contributed by atoms with Gasteiger partial charge >= 0.3 is 0 Å². The van der Waals surface area contributed by atoms with Gasteiger partial charge in [0.05, 0.1) is 23.2 Å². The summed E-state index contributed by atoms with van der Waals surface area (Å²) in [4.78, 5) is 5.05. The fraction of sp³-hybridized carbons (Fsp3) is 0.174. The summed E-state index contributed by atoms with van der Waals surface area (Å²) in [6, 6.07) is 23.2. The van der Waals surface area contributed by atoms with Gasteiger partial charge in [0.2, 0.25) is 0 Å². The van der Waals surface area contributed by atoms with E-state index < -0.39 is 0 Å². The first-order valence-electron chi connectivity index (χ1n) is 9.07. The molecule has 4 rings (SSSR count). The van der Waals surface area contributed by atoms with E-state index in [0.29, 0.717) is 0 Å². The van der Waals surface area contributed by atoms with Crippen molar-refractivity contribution >= 4 is 21.6 Å². The summed E-state index contributed by atoms with van der Waals surface area (Å²) in [6.07, 6.45) is 2.95. The van der Waals surface area contributed by atoms with Crippen LogP contribution in [0.25, 0.3) is 5.65 Å². The molecule has 0 bridgehead atoms. The van der Waals surface area contributed by atoms with Gasteiger partial charge in [-0.2, -0.15) is 0 Å². The van der Waals surface area contributed by atoms with Crippen LogP contribution in [0.4, 0.5) is 0 Å². The normalized spacial score (nSPS) is 11.3. The zero-order valence-electron chi connectivity index (χ0n) is 15.4. The number of ether oxygens (including phenoxy) is 1. The van der Waals surface area contributed by atoms with Crippen molar-refractivity contribution in [1.82, 2.24) is 9.38 Å². The van der Waals surface area contributed by atoms with Crippen molar-refractivity contribution in [2.24, 2.45) is 0 Å². The van der Waals surface area contributed by atoms with E-state index >= 15 is 0 Å². The van der Waals surface area contributed by atoms with Crippen LogP contribution in [0.3, 0.4) is 0 Å². The zero-order valence-corrected chi connectivity index (χ0v) is 17.0. The highest BCUT2D eigenvalue weighted by Crippen LogP contribution is 2.35. The Morgan fingerprint density at radius 2 is 1.59 bits per heavy atom. The Bertz CT molecular complexity index is 1020. The molecule has 4 aromatic rings. The van der Waals surface area contributed by atoms with Gasteiger partial charge in [-0.1, -0.05) is 67.6 Å². The number of nitrogens with zero attached hydrogens (tertiary/aromatic N) is 2. The fourth-order valence-corrected chi connectivity index (χ4v) is 4.13. The molecule has 0 aliphatic carbocycles. The summed E-state index contributed by atoms with van der Waals surface area (Å²) in [6.45, 7) is 2.18. The van der Waals surface area contributed by atoms with Gasteiger partial charge in [0, 0.05) is 18.0 Å². The Hall–Kier alpha value is -2.59. The van der Waals surface area contributed by atoms with Gasteiger partial charge in [0.25, 0.3) is 0 Å². The first kappa shape index (κ1) is 17.8. The summed E-state index contributed by atoms with van der Waals surface area (Å²) < 4.78 is 8.56. The fourth-order valence-electron chi connectivity index (χ4n) is 3.65. The Morgan fingerprint density at radius 3 is 2.11 bits per heavy atom. The van der Waals surface area contributed by atoms with E-state index in [-0.39, 0.29) is 5.92 Å². The second kappa shape index (κ2) is 7.57. The molecular formula is C23H21BrN2O. The highest BCUT2D eigenvalue weighted by atomic mass is 79.9. The van der Waals surface area contributed by atoms with E-state index in [2.05, 4.69) is 94.1 Å². The quantitative estimate of drug-likeness (QED) is 0.404. The molecule has 4 heteroatoms. The average Bonchev–Trinajstić information content (AvgIpc) is 3.06. The monoisotopic (exact) mass is 420 g/mol. The third kappa shape index (κ3) is 3.26. The number of aromatic nitrogens is 2. The molecule has 0 saturated heterocycles. The lowest BCUT2D eigenvalue weighted by Crippen LogP contribution is -2.07. The SMILES string of the molecule is CCc1c(C(c2ccccc2)c2ccccc2)nc2cc(OC)c(Br)cn12. The van der Waals surface area contributed by atoms with Crippen LogP contribution in [-0.2, 0) is 6.42 Å². The van der Waals surface area contributed by atoms with E-state index in [1.165, 1.54) is 16.8 Å². The number of imidazole rings is 1. The molecule has 0 atom stereocenters. The van der Waals surface area contributed by atoms with E-state index in [9.17, 15) is 0 Å². The predicted octanol–water partition coefficient (Wildman–Crippen LogP) is 5.85. The molecule has 2 aromatic heterocycles. The van der Waals surface area contributed by atoms with Crippen LogP contribution < -0.4 is 4.74 Å². The van der Waals surface area contributed by atoms with Crippen molar-refractivity contribution in [2.45, 2.75) is 19.3 Å². The van der Waals surface area contributed by atoms with Gasteiger partial charge < -0.3 is 9.14 Å². The summed E-state index contributed by atoms with van der Waals surface area (Å²) in [5, 5.41) is 0. The number of hydrogen-bond acceptors (Lipinski definition) is 2. The maximum atomic E-state index is 5.47. The van der Waals surface area contributed by atoms with Crippen molar-refractivity contribution < 1.29 is 4.74 Å². The summed E-state index contributed by atoms with van der Waals surface area (Å²) >= 11 is 3.60. The minimum atomic E-state index is 0.0898. The topological polar surface area (TPSA) is 26.5 Å². The van der Waals surface area contributed by atoms with Gasteiger partial charge in [0.15, 0.2) is 0 Å². The second-order valence-electron chi connectivity index (χ2n) is 6.47. The maximum Gasteiger partial charge on any atom is 0.141 e. The van der Waals surface area contributed by atoms with Gasteiger partial charge in [-0.15, -0.1) is 0 Å². The molecule has 0 spiro atoms. The molecule has 2 aromatic carbocycles. The first-order valence-corrected chi connectivity index (χ1v) is 9.86. The highest BCUT2D eigenvalue weighted by molar-refractivity contribution is 9.10. The molecule has 27 heavy (non-hydrogen) atoms. The number of pyridine rings is 1. The van der Waals surface area contributed by atoms with Crippen molar-refractivity contribution in [2.75, 3.05) is 7.11 Å². The van der Waals surface area contributed by atoms with E-state index in [4.69, 9.17) is 9.72 Å². The first-order chi connectivity index (χ1) is 13.2. The van der Waals surface area contributed by atoms with Crippen molar-refractivity contribution in [3.63, 3.8) is 0 Å². The van der Waals surface area contributed by atoms with E-state index in [1.807, 2.05) is 6.07 Å². The zero-order chi connectivity index (χ0) is 18.8. The molecule has 0 unspecified atom stereocenters. The molecule has 0 N–H and O–H groups in total. The Kier molecular flexibility index (Phi) is 4.99. The lowest BCUT2D eigenvalue weighted by atomic mass is 9.87. The molecule has 136 valence electrons. The molecule has 3 nitrogen and oxygen atoms in total. The summed E-state index contributed by atoms with van der Waals surface area (Å²) in [5.41, 5.74) is 5.69. The third-order valence-corrected chi connectivity index (χ3v) is 5.50. The molecule has 0 saturated carbocycles. The number of rotatable bonds is 5. The Labute approximate surface area is 167 Å². The van der Waals surface area contributed by atoms with E-state index in [0.717, 1.165) is 28.0 Å². The van der Waals surface area contributed by atoms with Crippen molar-refractivity contribution in [1.29, 1.82) is 0 Å². The lowest BCUT2D eigenvalue weighted by Gasteiger charge is -2.18. The Balaban J connectivity index is 1.98. The number of hydrogen-bond donors (Lipinski definition) is 0. The standard InChI is InChI=1S/C23H21BrN2O/c1-3-19-23(25-21-14-20(27-2)18(24)15-26(19)21)22(16-10-6-4-7-11-16)17-12-8-5-9-13-17/h4-15,22H,3H2,1-2H3. The predicted molar refractivity (Wildman–Crippen MR) is 113 cm³/mol. The van der Waals surface area contributed by atoms with Gasteiger partial charge in [-0.05, 0) is 33.5 Å². The molecule has 0 amide bonds. The van der Waals surface area contributed by atoms with Crippen LogP contribution >= 0.6 is 15.9 Å². The van der Waals surface area contributed by atoms with Crippen molar-refractivity contribution in [3.05, 3.63) is 99.9 Å². The van der Waals surface area contributed by atoms with Gasteiger partial charge in [0.1, 0.15) is 11.4 Å². The molecule has 2 heterocycles. The number of halogens is 1. The second-order valence-corrected chi connectivity index (χ2v) is 7.32. The molecule has 0 aliphatic heterocycles. The smallest absolute Gasteiger partial charge is 0.141 e. The third-order valence-electron chi connectivity index (χ3n) is 4.90. The molecule has 0 radical (unpaired) electrons. The van der Waals surface area contributed by atoms with Crippen LogP contribution in [0.2, 0.25) is 0 Å². The minimum Gasteiger partial charge on any atom is -0.495 e. The van der Waals surface area contributed by atoms with Gasteiger partial charge in [-0.25, -0.2) is 4.98 Å². The van der Waals surface area contributed by atoms with Crippen LogP contribution in [0.5, 0.6) is 5.75 Å². The highest BCUT2D eigenvalue weighted by Gasteiger charge is 2.24. The summed E-state index contributed by atoms with van der Waals surface area (Å²) in [5.74, 6) is 0.879. The number of methoxy groups -OCH3 is 1. The van der Waals surface area contributed by atoms with Crippen LogP contribution in [-0.4, -0.2) is 16.5 Å². The maximum absolute atomic E-state index is 5.47. The van der Waals surface area contributed by atoms with E-state index in [1.54, 1.807) is 7.11 Å². The summed E-state index contributed by atoms with van der Waals surface area (Å²) in [7, 11) is 1.68. The number of aryl methyl sites for hydroxylation is 1. The largest absolute Gasteiger partial charge is 0.495 e. The minimum absolute atomic E-state index is 0.0898. The van der Waals surface area contributed by atoms with Gasteiger partial charge in [-0.3, -0.25) is 0 Å². The average molecular weight is 421 g/mol. The molecule has 0 aliphatic rings. The van der Waals surface area contributed by atoms with Crippen LogP contribution in [0, 0.1) is 0 Å². The molecular weight excluding hydrogens is 400 g/mol. The Morgan fingerprint density at radius 1 is 1.00 bits per heavy atom. The number of benzene rings is 2. The van der Waals surface area contributed by atoms with Crippen LogP contribution in [0.15, 0.2) is 77.4 Å².